The molecule has 2 aliphatic heterocycles. The Kier molecular flexibility index (Phi) is 4.17. The molecule has 1 saturated heterocycles. The summed E-state index contributed by atoms with van der Waals surface area (Å²) in [5.41, 5.74) is 1.81. The highest BCUT2D eigenvalue weighted by Gasteiger charge is 2.59. The van der Waals surface area contributed by atoms with Crippen LogP contribution >= 0.6 is 11.6 Å². The lowest BCUT2D eigenvalue weighted by atomic mass is 9.90. The summed E-state index contributed by atoms with van der Waals surface area (Å²) in [6.45, 7) is 3.62. The number of pyridine rings is 1. The normalized spacial score (nSPS) is 26.4. The standard InChI is InChI=1S/C22H23ClN2O4/c1-21(18-7-6-14(23)13-24-18)28-17-5-3-4-16(19(17)29-21)25-10-8-22(9-11-25)12-15(22)20(26)27-2/h3-7,13,15H,8-12H2,1-2H3/t15-,21?/m0/s1. The van der Waals surface area contributed by atoms with E-state index >= 15 is 0 Å². The molecule has 0 radical (unpaired) electrons. The van der Waals surface area contributed by atoms with Gasteiger partial charge in [0.2, 0.25) is 0 Å². The molecule has 0 bridgehead atoms. The molecule has 1 aliphatic carbocycles. The van der Waals surface area contributed by atoms with Crippen LogP contribution in [-0.2, 0) is 15.3 Å². The van der Waals surface area contributed by atoms with Crippen LogP contribution in [0.3, 0.4) is 0 Å². The SMILES string of the molecule is COC(=O)[C@@H]1CC12CCN(c1cccc3c1OC(C)(c1ccc(Cl)cn1)O3)CC2. The van der Waals surface area contributed by atoms with Crippen molar-refractivity contribution in [1.82, 2.24) is 4.98 Å². The number of halogens is 1. The Morgan fingerprint density at radius 1 is 1.24 bits per heavy atom. The van der Waals surface area contributed by atoms with Crippen molar-refractivity contribution in [3.05, 3.63) is 47.2 Å². The van der Waals surface area contributed by atoms with Crippen LogP contribution in [0.1, 0.15) is 31.9 Å². The van der Waals surface area contributed by atoms with Gasteiger partial charge < -0.3 is 19.1 Å². The van der Waals surface area contributed by atoms with Gasteiger partial charge in [-0.05, 0) is 48.9 Å². The van der Waals surface area contributed by atoms with E-state index in [4.69, 9.17) is 25.8 Å². The zero-order valence-electron chi connectivity index (χ0n) is 16.5. The van der Waals surface area contributed by atoms with Crippen LogP contribution in [0.15, 0.2) is 36.5 Å². The van der Waals surface area contributed by atoms with Crippen molar-refractivity contribution in [2.75, 3.05) is 25.1 Å². The summed E-state index contributed by atoms with van der Waals surface area (Å²) >= 11 is 5.97. The molecule has 152 valence electrons. The van der Waals surface area contributed by atoms with Crippen LogP contribution in [0.2, 0.25) is 5.02 Å². The zero-order valence-corrected chi connectivity index (χ0v) is 17.2. The van der Waals surface area contributed by atoms with Gasteiger partial charge in [-0.3, -0.25) is 9.78 Å². The number of ether oxygens (including phenoxy) is 3. The average Bonchev–Trinajstić information content (AvgIpc) is 3.30. The highest BCUT2D eigenvalue weighted by molar-refractivity contribution is 6.30. The van der Waals surface area contributed by atoms with E-state index in [1.807, 2.05) is 25.1 Å². The maximum Gasteiger partial charge on any atom is 0.309 e. The number of hydrogen-bond donors (Lipinski definition) is 0. The molecule has 2 aromatic rings. The Bertz CT molecular complexity index is 956. The summed E-state index contributed by atoms with van der Waals surface area (Å²) in [4.78, 5) is 18.6. The largest absolute Gasteiger partial charge is 0.469 e. The molecule has 1 aromatic carbocycles. The zero-order chi connectivity index (χ0) is 20.2. The van der Waals surface area contributed by atoms with E-state index in [-0.39, 0.29) is 17.3 Å². The van der Waals surface area contributed by atoms with Gasteiger partial charge in [-0.15, -0.1) is 0 Å². The number of piperidine rings is 1. The molecule has 29 heavy (non-hydrogen) atoms. The Balaban J connectivity index is 1.35. The number of para-hydroxylation sites is 1. The molecule has 3 heterocycles. The second-order valence-electron chi connectivity index (χ2n) is 8.25. The number of methoxy groups -OCH3 is 1. The van der Waals surface area contributed by atoms with E-state index in [1.165, 1.54) is 7.11 Å². The first-order valence-corrected chi connectivity index (χ1v) is 10.3. The van der Waals surface area contributed by atoms with Gasteiger partial charge in [-0.25, -0.2) is 0 Å². The van der Waals surface area contributed by atoms with Crippen LogP contribution in [0, 0.1) is 11.3 Å². The number of fused-ring (bicyclic) bond motifs is 1. The van der Waals surface area contributed by atoms with E-state index in [9.17, 15) is 4.79 Å². The first kappa shape index (κ1) is 18.6. The Morgan fingerprint density at radius 2 is 2.03 bits per heavy atom. The highest BCUT2D eigenvalue weighted by Crippen LogP contribution is 2.60. The summed E-state index contributed by atoms with van der Waals surface area (Å²) in [5, 5.41) is 0.570. The Hall–Kier alpha value is -2.47. The van der Waals surface area contributed by atoms with Crippen molar-refractivity contribution in [3.8, 4) is 11.5 Å². The maximum absolute atomic E-state index is 11.9. The van der Waals surface area contributed by atoms with Crippen LogP contribution in [0.4, 0.5) is 5.69 Å². The molecule has 1 saturated carbocycles. The van der Waals surface area contributed by atoms with Gasteiger partial charge in [0.15, 0.2) is 11.5 Å². The molecule has 0 amide bonds. The third kappa shape index (κ3) is 3.01. The molecular formula is C22H23ClN2O4. The number of benzene rings is 1. The third-order valence-corrected chi connectivity index (χ3v) is 6.75. The van der Waals surface area contributed by atoms with Crippen molar-refractivity contribution in [3.63, 3.8) is 0 Å². The second kappa shape index (κ2) is 6.52. The van der Waals surface area contributed by atoms with Crippen LogP contribution < -0.4 is 14.4 Å². The lowest BCUT2D eigenvalue weighted by molar-refractivity contribution is -0.143. The molecule has 1 aromatic heterocycles. The minimum Gasteiger partial charge on any atom is -0.469 e. The summed E-state index contributed by atoms with van der Waals surface area (Å²) in [6, 6.07) is 9.56. The molecular weight excluding hydrogens is 392 g/mol. The summed E-state index contributed by atoms with van der Waals surface area (Å²) < 4.78 is 17.4. The molecule has 1 spiro atoms. The molecule has 2 atom stereocenters. The quantitative estimate of drug-likeness (QED) is 0.703. The Morgan fingerprint density at radius 3 is 2.72 bits per heavy atom. The molecule has 6 nitrogen and oxygen atoms in total. The Labute approximate surface area is 174 Å². The van der Waals surface area contributed by atoms with Gasteiger partial charge >= 0.3 is 5.97 Å². The van der Waals surface area contributed by atoms with Crippen LogP contribution in [0.5, 0.6) is 11.5 Å². The van der Waals surface area contributed by atoms with E-state index in [2.05, 4.69) is 16.0 Å². The minimum atomic E-state index is -0.994. The van der Waals surface area contributed by atoms with E-state index in [0.29, 0.717) is 16.5 Å². The number of carbonyl (C=O) groups is 1. The van der Waals surface area contributed by atoms with Crippen molar-refractivity contribution in [2.45, 2.75) is 32.0 Å². The fourth-order valence-corrected chi connectivity index (χ4v) is 4.79. The lowest BCUT2D eigenvalue weighted by Gasteiger charge is -2.35. The smallest absolute Gasteiger partial charge is 0.309 e. The first-order chi connectivity index (χ1) is 13.9. The molecule has 1 unspecified atom stereocenters. The van der Waals surface area contributed by atoms with Gasteiger partial charge in [0.1, 0.15) is 5.69 Å². The minimum absolute atomic E-state index is 0.0648. The second-order valence-corrected chi connectivity index (χ2v) is 8.68. The first-order valence-electron chi connectivity index (χ1n) is 9.90. The molecule has 7 heteroatoms. The van der Waals surface area contributed by atoms with E-state index < -0.39 is 5.79 Å². The van der Waals surface area contributed by atoms with E-state index in [0.717, 1.165) is 43.8 Å². The van der Waals surface area contributed by atoms with Gasteiger partial charge in [-0.2, -0.15) is 0 Å². The van der Waals surface area contributed by atoms with Crippen molar-refractivity contribution >= 4 is 23.3 Å². The average molecular weight is 415 g/mol. The number of anilines is 1. The van der Waals surface area contributed by atoms with E-state index in [1.54, 1.807) is 12.3 Å². The van der Waals surface area contributed by atoms with Crippen molar-refractivity contribution in [2.24, 2.45) is 11.3 Å². The molecule has 2 fully saturated rings. The van der Waals surface area contributed by atoms with Gasteiger partial charge in [0, 0.05) is 26.2 Å². The highest BCUT2D eigenvalue weighted by atomic mass is 35.5. The number of rotatable bonds is 3. The summed E-state index contributed by atoms with van der Waals surface area (Å²) in [7, 11) is 1.47. The number of carbonyl (C=O) groups excluding carboxylic acids is 1. The number of esters is 1. The fraction of sp³-hybridized carbons (Fsp3) is 0.455. The topological polar surface area (TPSA) is 60.9 Å². The summed E-state index contributed by atoms with van der Waals surface area (Å²) in [6.07, 6.45) is 4.50. The predicted molar refractivity (Wildman–Crippen MR) is 108 cm³/mol. The van der Waals surface area contributed by atoms with Gasteiger partial charge in [0.25, 0.3) is 5.79 Å². The fourth-order valence-electron chi connectivity index (χ4n) is 4.68. The number of hydrogen-bond acceptors (Lipinski definition) is 6. The molecule has 5 rings (SSSR count). The molecule has 0 N–H and O–H groups in total. The monoisotopic (exact) mass is 414 g/mol. The lowest BCUT2D eigenvalue weighted by Crippen LogP contribution is -2.36. The summed E-state index contributed by atoms with van der Waals surface area (Å²) in [5.74, 6) is 0.452. The van der Waals surface area contributed by atoms with Crippen molar-refractivity contribution < 1.29 is 19.0 Å². The maximum atomic E-state index is 11.9. The van der Waals surface area contributed by atoms with Crippen LogP contribution in [-0.4, -0.2) is 31.2 Å². The van der Waals surface area contributed by atoms with Crippen LogP contribution in [0.25, 0.3) is 0 Å². The van der Waals surface area contributed by atoms with Gasteiger partial charge in [0.05, 0.1) is 23.7 Å². The number of nitrogens with zero attached hydrogens (tertiary/aromatic N) is 2. The third-order valence-electron chi connectivity index (χ3n) is 6.53. The number of aromatic nitrogens is 1. The predicted octanol–water partition coefficient (Wildman–Crippen LogP) is 4.16. The van der Waals surface area contributed by atoms with Crippen molar-refractivity contribution in [1.29, 1.82) is 0 Å². The molecule has 3 aliphatic rings. The van der Waals surface area contributed by atoms with Gasteiger partial charge in [-0.1, -0.05) is 17.7 Å².